The summed E-state index contributed by atoms with van der Waals surface area (Å²) in [4.78, 5) is 5.13. The lowest BCUT2D eigenvalue weighted by Gasteiger charge is -2.50. The molecule has 0 bridgehead atoms. The maximum Gasteiger partial charge on any atom is 0.333 e. The lowest BCUT2D eigenvalue weighted by Crippen LogP contribution is -2.62. The molecule has 176 valence electrons. The quantitative estimate of drug-likeness (QED) is 0.235. The summed E-state index contributed by atoms with van der Waals surface area (Å²) >= 11 is 0. The SMILES string of the molecule is Cc1cc2c3c(c1)N1c4ccccc4C(C)(C)c4cccc(c41)B3N(c1ccccc1)c1ccccc1-2. The second-order valence-corrected chi connectivity index (χ2v) is 11.1. The molecule has 0 amide bonds. The number of hydrogen-bond acceptors (Lipinski definition) is 2. The van der Waals surface area contributed by atoms with Gasteiger partial charge in [-0.05, 0) is 70.4 Å². The number of para-hydroxylation sites is 4. The minimum atomic E-state index is -0.0905. The van der Waals surface area contributed by atoms with Crippen LogP contribution in [-0.2, 0) is 5.41 Å². The van der Waals surface area contributed by atoms with Gasteiger partial charge in [-0.3, -0.25) is 0 Å². The van der Waals surface area contributed by atoms with Gasteiger partial charge in [0.25, 0.3) is 0 Å². The molecule has 5 aromatic carbocycles. The van der Waals surface area contributed by atoms with Crippen LogP contribution in [0.5, 0.6) is 0 Å². The Hall–Kier alpha value is -4.24. The molecule has 8 rings (SSSR count). The third-order valence-corrected chi connectivity index (χ3v) is 8.64. The van der Waals surface area contributed by atoms with Crippen LogP contribution in [0, 0.1) is 6.92 Å². The molecule has 3 aliphatic heterocycles. The summed E-state index contributed by atoms with van der Waals surface area (Å²) in [6, 6.07) is 40.6. The number of nitrogens with zero attached hydrogens (tertiary/aromatic N) is 2. The summed E-state index contributed by atoms with van der Waals surface area (Å²) in [6.45, 7) is 7.08. The average Bonchev–Trinajstić information content (AvgIpc) is 2.93. The number of aryl methyl sites for hydroxylation is 1. The summed E-state index contributed by atoms with van der Waals surface area (Å²) in [5.74, 6) is 0. The molecule has 0 atom stereocenters. The Labute approximate surface area is 218 Å². The van der Waals surface area contributed by atoms with Crippen molar-refractivity contribution in [2.24, 2.45) is 0 Å². The van der Waals surface area contributed by atoms with E-state index in [1.807, 2.05) is 0 Å². The second-order valence-electron chi connectivity index (χ2n) is 11.1. The summed E-state index contributed by atoms with van der Waals surface area (Å²) in [7, 11) is 0. The van der Waals surface area contributed by atoms with Crippen LogP contribution in [0.4, 0.5) is 28.4 Å². The molecule has 0 N–H and O–H groups in total. The first-order chi connectivity index (χ1) is 18.1. The Balaban J connectivity index is 1.55. The Morgan fingerprint density at radius 2 is 1.32 bits per heavy atom. The van der Waals surface area contributed by atoms with Crippen LogP contribution in [0.25, 0.3) is 11.1 Å². The lowest BCUT2D eigenvalue weighted by atomic mass is 9.42. The van der Waals surface area contributed by atoms with Gasteiger partial charge >= 0.3 is 6.85 Å². The highest BCUT2D eigenvalue weighted by molar-refractivity contribution is 6.93. The first kappa shape index (κ1) is 20.9. The molecule has 3 heteroatoms. The van der Waals surface area contributed by atoms with Crippen molar-refractivity contribution in [3.8, 4) is 11.1 Å². The van der Waals surface area contributed by atoms with Crippen molar-refractivity contribution >= 4 is 46.2 Å². The van der Waals surface area contributed by atoms with Crippen LogP contribution in [-0.4, -0.2) is 6.85 Å². The van der Waals surface area contributed by atoms with Crippen LogP contribution in [0.15, 0.2) is 109 Å². The molecule has 2 nitrogen and oxygen atoms in total. The minimum Gasteiger partial charge on any atom is -0.376 e. The molecule has 3 heterocycles. The zero-order chi connectivity index (χ0) is 24.9. The smallest absolute Gasteiger partial charge is 0.333 e. The van der Waals surface area contributed by atoms with Crippen molar-refractivity contribution in [3.05, 3.63) is 126 Å². The lowest BCUT2D eigenvalue weighted by molar-refractivity contribution is 0.632. The molecule has 5 aromatic rings. The van der Waals surface area contributed by atoms with Gasteiger partial charge in [0.15, 0.2) is 0 Å². The number of benzene rings is 5. The summed E-state index contributed by atoms with van der Waals surface area (Å²) < 4.78 is 0. The van der Waals surface area contributed by atoms with Gasteiger partial charge in [0.1, 0.15) is 0 Å². The standard InChI is InChI=1S/C34H27BN2/c1-22-20-25-24-14-7-9-18-29(24)37(23-12-5-4-6-13-23)35-28-17-11-16-27-33(28)36(31(21-22)32(25)35)30-19-10-8-15-26(30)34(27,2)3/h4-21H,1-3H3. The van der Waals surface area contributed by atoms with Gasteiger partial charge in [-0.25, -0.2) is 0 Å². The predicted molar refractivity (Wildman–Crippen MR) is 157 cm³/mol. The molecule has 0 saturated heterocycles. The van der Waals surface area contributed by atoms with Crippen LogP contribution >= 0.6 is 0 Å². The van der Waals surface area contributed by atoms with Crippen LogP contribution in [0.3, 0.4) is 0 Å². The fourth-order valence-corrected chi connectivity index (χ4v) is 7.07. The van der Waals surface area contributed by atoms with E-state index in [2.05, 4.69) is 140 Å². The maximum absolute atomic E-state index is 2.57. The van der Waals surface area contributed by atoms with Crippen LogP contribution in [0.1, 0.15) is 30.5 Å². The van der Waals surface area contributed by atoms with E-state index >= 15 is 0 Å². The van der Waals surface area contributed by atoms with Crippen molar-refractivity contribution in [3.63, 3.8) is 0 Å². The van der Waals surface area contributed by atoms with Gasteiger partial charge in [0, 0.05) is 33.7 Å². The molecule has 0 radical (unpaired) electrons. The summed E-state index contributed by atoms with van der Waals surface area (Å²) in [6.07, 6.45) is 0. The topological polar surface area (TPSA) is 6.48 Å². The predicted octanol–water partition coefficient (Wildman–Crippen LogP) is 7.34. The van der Waals surface area contributed by atoms with Crippen molar-refractivity contribution in [2.75, 3.05) is 9.71 Å². The highest BCUT2D eigenvalue weighted by atomic mass is 15.2. The van der Waals surface area contributed by atoms with E-state index in [4.69, 9.17) is 0 Å². The molecule has 0 unspecified atom stereocenters. The fourth-order valence-electron chi connectivity index (χ4n) is 7.07. The van der Waals surface area contributed by atoms with E-state index in [0.29, 0.717) is 0 Å². The van der Waals surface area contributed by atoms with Gasteiger partial charge in [-0.15, -0.1) is 0 Å². The molecular weight excluding hydrogens is 447 g/mol. The van der Waals surface area contributed by atoms with Crippen molar-refractivity contribution in [1.29, 1.82) is 0 Å². The van der Waals surface area contributed by atoms with Crippen LogP contribution in [0.2, 0.25) is 0 Å². The van der Waals surface area contributed by atoms with E-state index in [0.717, 1.165) is 0 Å². The number of rotatable bonds is 1. The van der Waals surface area contributed by atoms with E-state index in [-0.39, 0.29) is 12.3 Å². The zero-order valence-corrected chi connectivity index (χ0v) is 21.4. The van der Waals surface area contributed by atoms with Crippen molar-refractivity contribution < 1.29 is 0 Å². The number of hydrogen-bond donors (Lipinski definition) is 0. The average molecular weight is 474 g/mol. The Kier molecular flexibility index (Phi) is 4.05. The third-order valence-electron chi connectivity index (χ3n) is 8.64. The summed E-state index contributed by atoms with van der Waals surface area (Å²) in [5.41, 5.74) is 15.8. The fraction of sp³-hybridized carbons (Fsp3) is 0.118. The van der Waals surface area contributed by atoms with E-state index in [1.165, 1.54) is 67.2 Å². The van der Waals surface area contributed by atoms with E-state index in [1.54, 1.807) is 0 Å². The van der Waals surface area contributed by atoms with E-state index < -0.39 is 0 Å². The highest BCUT2D eigenvalue weighted by Gasteiger charge is 2.49. The molecule has 37 heavy (non-hydrogen) atoms. The van der Waals surface area contributed by atoms with Crippen molar-refractivity contribution in [1.82, 2.24) is 0 Å². The monoisotopic (exact) mass is 474 g/mol. The maximum atomic E-state index is 2.57. The largest absolute Gasteiger partial charge is 0.376 e. The molecule has 0 fully saturated rings. The molecule has 0 aliphatic carbocycles. The Morgan fingerprint density at radius 3 is 2.16 bits per heavy atom. The molecule has 3 aliphatic rings. The van der Waals surface area contributed by atoms with E-state index in [9.17, 15) is 0 Å². The Bertz CT molecular complexity index is 1740. The number of fused-ring (bicyclic) bond motifs is 6. The number of anilines is 5. The first-order valence-electron chi connectivity index (χ1n) is 13.2. The molecular formula is C34H27BN2. The van der Waals surface area contributed by atoms with Crippen LogP contribution < -0.4 is 20.6 Å². The summed E-state index contributed by atoms with van der Waals surface area (Å²) in [5, 5.41) is 0. The van der Waals surface area contributed by atoms with Gasteiger partial charge in [0.05, 0.1) is 5.69 Å². The van der Waals surface area contributed by atoms with Gasteiger partial charge in [-0.1, -0.05) is 92.7 Å². The zero-order valence-electron chi connectivity index (χ0n) is 21.4. The van der Waals surface area contributed by atoms with Gasteiger partial charge in [-0.2, -0.15) is 0 Å². The first-order valence-corrected chi connectivity index (χ1v) is 13.2. The Morgan fingerprint density at radius 1 is 0.622 bits per heavy atom. The van der Waals surface area contributed by atoms with Crippen molar-refractivity contribution in [2.45, 2.75) is 26.2 Å². The second kappa shape index (κ2) is 7.17. The molecule has 0 saturated carbocycles. The minimum absolute atomic E-state index is 0.0905. The van der Waals surface area contributed by atoms with Gasteiger partial charge < -0.3 is 9.71 Å². The molecule has 0 spiro atoms. The molecule has 0 aromatic heterocycles. The normalized spacial score (nSPS) is 15.5. The van der Waals surface area contributed by atoms with Gasteiger partial charge in [0.2, 0.25) is 0 Å². The highest BCUT2D eigenvalue weighted by Crippen LogP contribution is 2.54. The third kappa shape index (κ3) is 2.61.